The first kappa shape index (κ1) is 32.3. The third-order valence-corrected chi connectivity index (χ3v) is 6.83. The van der Waals surface area contributed by atoms with Crippen molar-refractivity contribution in [1.29, 1.82) is 0 Å². The van der Waals surface area contributed by atoms with Crippen molar-refractivity contribution in [3.05, 3.63) is 34.7 Å². The van der Waals surface area contributed by atoms with Crippen molar-refractivity contribution in [2.24, 2.45) is 5.29 Å². The second-order valence-electron chi connectivity index (χ2n) is 9.18. The van der Waals surface area contributed by atoms with E-state index < -0.39 is 80.6 Å². The van der Waals surface area contributed by atoms with E-state index in [1.165, 1.54) is 7.11 Å². The van der Waals surface area contributed by atoms with E-state index in [2.05, 4.69) is 5.29 Å². The minimum Gasteiger partial charge on any atom is -0.497 e. The van der Waals surface area contributed by atoms with Crippen molar-refractivity contribution < 1.29 is 59.5 Å². The average Bonchev–Trinajstić information content (AvgIpc) is 2.97. The topological polar surface area (TPSA) is 232 Å². The van der Waals surface area contributed by atoms with Crippen LogP contribution in [0.3, 0.4) is 0 Å². The maximum Gasteiger partial charge on any atom is 0.345 e. The lowest BCUT2D eigenvalue weighted by Crippen LogP contribution is -2.67. The van der Waals surface area contributed by atoms with E-state index in [1.54, 1.807) is 24.3 Å². The Bertz CT molecular complexity index is 958. The Morgan fingerprint density at radius 3 is 2.15 bits per heavy atom. The van der Waals surface area contributed by atoms with Gasteiger partial charge in [0.25, 0.3) is 0 Å². The van der Waals surface area contributed by atoms with Crippen molar-refractivity contribution in [3.63, 3.8) is 0 Å². The largest absolute Gasteiger partial charge is 0.497 e. The average molecular weight is 596 g/mol. The van der Waals surface area contributed by atoms with Crippen LogP contribution in [0.4, 0.5) is 4.79 Å². The number of ether oxygens (including phenoxy) is 4. The van der Waals surface area contributed by atoms with E-state index in [0.717, 1.165) is 4.90 Å². The van der Waals surface area contributed by atoms with Crippen molar-refractivity contribution >= 4 is 17.6 Å². The summed E-state index contributed by atoms with van der Waals surface area (Å²) in [4.78, 5) is 25.6. The van der Waals surface area contributed by atoms with Crippen LogP contribution >= 0.6 is 11.6 Å². The molecule has 226 valence electrons. The molecule has 1 unspecified atom stereocenters. The fraction of sp³-hybridized carbons (Fsp3) is 0.696. The Labute approximate surface area is 233 Å². The van der Waals surface area contributed by atoms with Gasteiger partial charge in [-0.15, -0.1) is 16.5 Å². The number of hydrogen-bond acceptors (Lipinski definition) is 14. The summed E-state index contributed by atoms with van der Waals surface area (Å²) in [6.45, 7) is -2.08. The number of rotatable bonds is 11. The van der Waals surface area contributed by atoms with Crippen LogP contribution in [0.25, 0.3) is 0 Å². The molecule has 16 nitrogen and oxygen atoms in total. The summed E-state index contributed by atoms with van der Waals surface area (Å²) >= 11 is 5.69. The number of hydrogen-bond donors (Lipinski definition) is 7. The highest BCUT2D eigenvalue weighted by Gasteiger charge is 2.52. The smallest absolute Gasteiger partial charge is 0.345 e. The SMILES string of the molecule is COc1ccc(CN(C(=O)N(CCCl)N=O)C2O[C@H](CO)[C@@H](O[C@H]3O[C@H](CO)[C@@H](O)[C@H](O)[C@H]3O)[C@H](O)[C@H]2O)cc1. The quantitative estimate of drug-likeness (QED) is 0.0795. The molecule has 0 aromatic heterocycles. The van der Waals surface area contributed by atoms with Gasteiger partial charge in [0.15, 0.2) is 12.5 Å². The lowest BCUT2D eigenvalue weighted by molar-refractivity contribution is -0.347. The number of amides is 2. The van der Waals surface area contributed by atoms with Crippen LogP contribution in [-0.4, -0.2) is 146 Å². The van der Waals surface area contributed by atoms with Gasteiger partial charge in [-0.2, -0.15) is 5.01 Å². The Kier molecular flexibility index (Phi) is 11.8. The number of aliphatic hydroxyl groups excluding tert-OH is 7. The second kappa shape index (κ2) is 14.6. The van der Waals surface area contributed by atoms with Crippen LogP contribution in [-0.2, 0) is 20.8 Å². The standard InChI is InChI=1S/C23H34ClN3O13/c1-37-12-4-2-11(3-5-12)8-26(23(35)27(25-36)7-6-24)21-18(33)17(32)20(14(10-29)38-21)40-22-19(34)16(31)15(30)13(9-28)39-22/h2-5,13-22,28-34H,6-10H2,1H3/t13-,14-,15-,16+,17-,18-,19-,20-,21?,22-/m1/s1. The van der Waals surface area contributed by atoms with Crippen LogP contribution in [0.1, 0.15) is 5.56 Å². The summed E-state index contributed by atoms with van der Waals surface area (Å²) in [5, 5.41) is 75.0. The summed E-state index contributed by atoms with van der Waals surface area (Å²) in [5.74, 6) is 0.386. The van der Waals surface area contributed by atoms with Crippen LogP contribution in [0.2, 0.25) is 0 Å². The summed E-state index contributed by atoms with van der Waals surface area (Å²) in [6.07, 6.45) is -16.8. The molecule has 2 aliphatic heterocycles. The fourth-order valence-electron chi connectivity index (χ4n) is 4.42. The van der Waals surface area contributed by atoms with E-state index in [4.69, 9.17) is 30.5 Å². The van der Waals surface area contributed by atoms with Gasteiger partial charge >= 0.3 is 6.03 Å². The maximum absolute atomic E-state index is 13.3. The first-order valence-corrected chi connectivity index (χ1v) is 12.8. The monoisotopic (exact) mass is 595 g/mol. The molecule has 0 aliphatic carbocycles. The van der Waals surface area contributed by atoms with Crippen molar-refractivity contribution in [2.75, 3.05) is 32.7 Å². The summed E-state index contributed by atoms with van der Waals surface area (Å²) < 4.78 is 21.7. The number of halogens is 1. The number of methoxy groups -OCH3 is 1. The van der Waals surface area contributed by atoms with E-state index >= 15 is 0 Å². The van der Waals surface area contributed by atoms with Gasteiger partial charge < -0.3 is 54.7 Å². The number of carbonyl (C=O) groups is 1. The van der Waals surface area contributed by atoms with Crippen LogP contribution in [0, 0.1) is 4.91 Å². The number of aliphatic hydroxyl groups is 7. The molecule has 2 aliphatic rings. The molecule has 40 heavy (non-hydrogen) atoms. The molecular formula is C23H34ClN3O13. The number of nitrogens with zero attached hydrogens (tertiary/aromatic N) is 3. The first-order valence-electron chi connectivity index (χ1n) is 12.3. The van der Waals surface area contributed by atoms with E-state index in [9.17, 15) is 45.4 Å². The Morgan fingerprint density at radius 1 is 0.950 bits per heavy atom. The molecule has 2 fully saturated rings. The number of nitroso groups, excluding NO2 is 1. The van der Waals surface area contributed by atoms with Crippen molar-refractivity contribution in [1.82, 2.24) is 9.91 Å². The molecule has 0 radical (unpaired) electrons. The van der Waals surface area contributed by atoms with Gasteiger partial charge in [0.05, 0.1) is 38.7 Å². The minimum absolute atomic E-state index is 0.140. The maximum atomic E-state index is 13.3. The molecule has 17 heteroatoms. The third-order valence-electron chi connectivity index (χ3n) is 6.66. The number of alkyl halides is 1. The highest BCUT2D eigenvalue weighted by molar-refractivity contribution is 6.18. The summed E-state index contributed by atoms with van der Waals surface area (Å²) in [6, 6.07) is 5.42. The zero-order chi connectivity index (χ0) is 29.6. The zero-order valence-electron chi connectivity index (χ0n) is 21.4. The van der Waals surface area contributed by atoms with Crippen LogP contribution < -0.4 is 4.74 Å². The van der Waals surface area contributed by atoms with Gasteiger partial charge in [0.2, 0.25) is 0 Å². The molecule has 0 bridgehead atoms. The molecule has 1 aromatic carbocycles. The normalized spacial score (nSPS) is 34.2. The highest BCUT2D eigenvalue weighted by Crippen LogP contribution is 2.31. The Morgan fingerprint density at radius 2 is 1.60 bits per heavy atom. The Hall–Kier alpha value is -2.22. The van der Waals surface area contributed by atoms with Crippen molar-refractivity contribution in [2.45, 2.75) is 67.9 Å². The number of carbonyl (C=O) groups excluding carboxylic acids is 1. The van der Waals surface area contributed by atoms with Gasteiger partial charge in [-0.05, 0) is 17.7 Å². The van der Waals surface area contributed by atoms with Gasteiger partial charge in [-0.25, -0.2) is 4.79 Å². The lowest BCUT2D eigenvalue weighted by atomic mass is 9.96. The molecule has 10 atom stereocenters. The summed E-state index contributed by atoms with van der Waals surface area (Å²) in [7, 11) is 1.47. The molecule has 7 N–H and O–H groups in total. The van der Waals surface area contributed by atoms with Gasteiger partial charge in [0, 0.05) is 5.88 Å². The summed E-state index contributed by atoms with van der Waals surface area (Å²) in [5.41, 5.74) is 0.511. The lowest BCUT2D eigenvalue weighted by Gasteiger charge is -2.48. The zero-order valence-corrected chi connectivity index (χ0v) is 22.2. The van der Waals surface area contributed by atoms with Gasteiger partial charge in [0.1, 0.15) is 54.6 Å². The predicted octanol–water partition coefficient (Wildman–Crippen LogP) is -2.54. The van der Waals surface area contributed by atoms with Gasteiger partial charge in [-0.3, -0.25) is 4.90 Å². The molecule has 3 rings (SSSR count). The highest BCUT2D eigenvalue weighted by atomic mass is 35.5. The van der Waals surface area contributed by atoms with Crippen LogP contribution in [0.5, 0.6) is 5.75 Å². The van der Waals surface area contributed by atoms with E-state index in [-0.39, 0.29) is 19.0 Å². The molecule has 2 amide bonds. The molecule has 2 heterocycles. The second-order valence-corrected chi connectivity index (χ2v) is 9.56. The molecule has 0 spiro atoms. The molecule has 0 saturated carbocycles. The van der Waals surface area contributed by atoms with Gasteiger partial charge in [-0.1, -0.05) is 12.1 Å². The minimum atomic E-state index is -1.90. The predicted molar refractivity (Wildman–Crippen MR) is 134 cm³/mol. The fourth-order valence-corrected chi connectivity index (χ4v) is 4.58. The first-order chi connectivity index (χ1) is 19.1. The number of benzene rings is 1. The number of urea groups is 1. The molecule has 1 aromatic rings. The van der Waals surface area contributed by atoms with Crippen molar-refractivity contribution in [3.8, 4) is 5.75 Å². The Balaban J connectivity index is 1.87. The van der Waals surface area contributed by atoms with E-state index in [0.29, 0.717) is 16.3 Å². The third kappa shape index (κ3) is 6.97. The molecular weight excluding hydrogens is 562 g/mol. The van der Waals surface area contributed by atoms with Crippen LogP contribution in [0.15, 0.2) is 29.6 Å². The van der Waals surface area contributed by atoms with E-state index in [1.807, 2.05) is 0 Å². The molecule has 2 saturated heterocycles.